The molecule has 0 atom stereocenters. The average Bonchev–Trinajstić information content (AvgIpc) is 2.48. The highest BCUT2D eigenvalue weighted by Gasteiger charge is 2.26. The Bertz CT molecular complexity index is 581. The number of hydrogen-bond acceptors (Lipinski definition) is 3. The summed E-state index contributed by atoms with van der Waals surface area (Å²) < 4.78 is 27.8. The first-order valence-electron chi connectivity index (χ1n) is 7.47. The van der Waals surface area contributed by atoms with E-state index in [0.717, 1.165) is 37.2 Å². The van der Waals surface area contributed by atoms with Gasteiger partial charge in [-0.15, -0.1) is 0 Å². The van der Waals surface area contributed by atoms with E-state index in [0.29, 0.717) is 6.54 Å². The van der Waals surface area contributed by atoms with Gasteiger partial charge in [0.2, 0.25) is 10.0 Å². The number of halogens is 1. The number of hydrogen-bond donors (Lipinski definition) is 2. The lowest BCUT2D eigenvalue weighted by atomic mass is 9.85. The Morgan fingerprint density at radius 1 is 1.29 bits per heavy atom. The van der Waals surface area contributed by atoms with Crippen LogP contribution >= 0.6 is 11.6 Å². The van der Waals surface area contributed by atoms with Crippen LogP contribution < -0.4 is 10.5 Å². The van der Waals surface area contributed by atoms with Gasteiger partial charge < -0.3 is 5.73 Å². The molecule has 118 valence electrons. The van der Waals surface area contributed by atoms with E-state index in [1.165, 1.54) is 6.42 Å². The van der Waals surface area contributed by atoms with Crippen molar-refractivity contribution in [2.45, 2.75) is 56.5 Å². The molecule has 21 heavy (non-hydrogen) atoms. The molecule has 1 aliphatic carbocycles. The van der Waals surface area contributed by atoms with Gasteiger partial charge in [0, 0.05) is 12.6 Å². The topological polar surface area (TPSA) is 72.2 Å². The minimum absolute atomic E-state index is 0.00963. The second kappa shape index (κ2) is 7.09. The summed E-state index contributed by atoms with van der Waals surface area (Å²) >= 11 is 6.04. The Balaban J connectivity index is 2.12. The molecule has 0 saturated heterocycles. The standard InChI is InChI=1S/C15H23ClN2O2S/c1-2-11-3-6-13(7-4-11)18-21(19,20)15-9-12(10-17)5-8-14(15)16/h5,8-9,11,13,18H,2-4,6-7,10,17H2,1H3. The van der Waals surface area contributed by atoms with E-state index in [9.17, 15) is 8.42 Å². The summed E-state index contributed by atoms with van der Waals surface area (Å²) in [5.41, 5.74) is 6.33. The molecule has 0 unspecified atom stereocenters. The van der Waals surface area contributed by atoms with E-state index in [1.807, 2.05) is 0 Å². The normalized spacial score (nSPS) is 23.2. The molecule has 1 aromatic rings. The van der Waals surface area contributed by atoms with Gasteiger partial charge in [0.25, 0.3) is 0 Å². The third-order valence-corrected chi connectivity index (χ3v) is 6.27. The first-order chi connectivity index (χ1) is 9.96. The van der Waals surface area contributed by atoms with Crippen molar-refractivity contribution in [3.63, 3.8) is 0 Å². The fourth-order valence-corrected chi connectivity index (χ4v) is 4.71. The summed E-state index contributed by atoms with van der Waals surface area (Å²) in [4.78, 5) is 0.129. The van der Waals surface area contributed by atoms with E-state index < -0.39 is 10.0 Å². The highest BCUT2D eigenvalue weighted by molar-refractivity contribution is 7.89. The fourth-order valence-electron chi connectivity index (χ4n) is 2.85. The summed E-state index contributed by atoms with van der Waals surface area (Å²) in [6.07, 6.45) is 5.13. The zero-order chi connectivity index (χ0) is 15.5. The molecule has 2 rings (SSSR count). The Morgan fingerprint density at radius 3 is 2.52 bits per heavy atom. The second-order valence-corrected chi connectivity index (χ2v) is 7.81. The molecule has 0 aliphatic heterocycles. The van der Waals surface area contributed by atoms with Gasteiger partial charge in [0.1, 0.15) is 4.90 Å². The number of sulfonamides is 1. The second-order valence-electron chi connectivity index (χ2n) is 5.72. The van der Waals surface area contributed by atoms with Gasteiger partial charge in [-0.1, -0.05) is 31.0 Å². The lowest BCUT2D eigenvalue weighted by Gasteiger charge is -2.28. The van der Waals surface area contributed by atoms with Gasteiger partial charge >= 0.3 is 0 Å². The quantitative estimate of drug-likeness (QED) is 0.871. The third kappa shape index (κ3) is 4.19. The highest BCUT2D eigenvalue weighted by atomic mass is 35.5. The smallest absolute Gasteiger partial charge is 0.242 e. The number of nitrogens with one attached hydrogen (secondary N) is 1. The fraction of sp³-hybridized carbons (Fsp3) is 0.600. The van der Waals surface area contributed by atoms with Gasteiger partial charge in [-0.2, -0.15) is 0 Å². The highest BCUT2D eigenvalue weighted by Crippen LogP contribution is 2.28. The van der Waals surface area contributed by atoms with Gasteiger partial charge in [-0.3, -0.25) is 0 Å². The molecule has 3 N–H and O–H groups in total. The van der Waals surface area contributed by atoms with Crippen LogP contribution in [0.1, 0.15) is 44.6 Å². The summed E-state index contributed by atoms with van der Waals surface area (Å²) in [6, 6.07) is 4.90. The first-order valence-corrected chi connectivity index (χ1v) is 9.33. The molecular weight excluding hydrogens is 308 g/mol. The molecule has 1 aromatic carbocycles. The van der Waals surface area contributed by atoms with Crippen LogP contribution in [0.3, 0.4) is 0 Å². The van der Waals surface area contributed by atoms with Crippen LogP contribution in [0.25, 0.3) is 0 Å². The van der Waals surface area contributed by atoms with Crippen molar-refractivity contribution in [2.75, 3.05) is 0 Å². The third-order valence-electron chi connectivity index (χ3n) is 4.27. The maximum atomic E-state index is 12.5. The minimum Gasteiger partial charge on any atom is -0.326 e. The summed E-state index contributed by atoms with van der Waals surface area (Å²) in [5.74, 6) is 0.731. The van der Waals surface area contributed by atoms with Crippen LogP contribution in [0, 0.1) is 5.92 Å². The summed E-state index contributed by atoms with van der Waals surface area (Å²) in [5, 5.41) is 0.238. The van der Waals surface area contributed by atoms with E-state index >= 15 is 0 Å². The Hall–Kier alpha value is -0.620. The van der Waals surface area contributed by atoms with Crippen LogP contribution in [0.2, 0.25) is 5.02 Å². The lowest BCUT2D eigenvalue weighted by Crippen LogP contribution is -2.37. The molecule has 0 radical (unpaired) electrons. The Kier molecular flexibility index (Phi) is 5.66. The lowest BCUT2D eigenvalue weighted by molar-refractivity contribution is 0.306. The number of nitrogens with two attached hydrogens (primary N) is 1. The number of benzene rings is 1. The molecular formula is C15H23ClN2O2S. The van der Waals surface area contributed by atoms with Crippen molar-refractivity contribution in [1.29, 1.82) is 0 Å². The van der Waals surface area contributed by atoms with Gasteiger partial charge in [0.15, 0.2) is 0 Å². The molecule has 0 bridgehead atoms. The van der Waals surface area contributed by atoms with E-state index in [2.05, 4.69) is 11.6 Å². The van der Waals surface area contributed by atoms with Crippen molar-refractivity contribution < 1.29 is 8.42 Å². The van der Waals surface area contributed by atoms with Crippen LogP contribution in [0.5, 0.6) is 0 Å². The van der Waals surface area contributed by atoms with Crippen LogP contribution in [-0.2, 0) is 16.6 Å². The predicted octanol–water partition coefficient (Wildman–Crippen LogP) is 3.05. The monoisotopic (exact) mass is 330 g/mol. The van der Waals surface area contributed by atoms with Crippen LogP contribution in [-0.4, -0.2) is 14.5 Å². The van der Waals surface area contributed by atoms with Crippen molar-refractivity contribution in [3.8, 4) is 0 Å². The van der Waals surface area contributed by atoms with Gasteiger partial charge in [-0.25, -0.2) is 13.1 Å². The molecule has 1 saturated carbocycles. The van der Waals surface area contributed by atoms with Crippen molar-refractivity contribution in [3.05, 3.63) is 28.8 Å². The van der Waals surface area contributed by atoms with Gasteiger partial charge in [0.05, 0.1) is 5.02 Å². The van der Waals surface area contributed by atoms with Crippen molar-refractivity contribution >= 4 is 21.6 Å². The maximum absolute atomic E-state index is 12.5. The molecule has 0 aromatic heterocycles. The Labute approximate surface area is 132 Å². The van der Waals surface area contributed by atoms with E-state index in [-0.39, 0.29) is 16.0 Å². The Morgan fingerprint density at radius 2 is 1.95 bits per heavy atom. The summed E-state index contributed by atoms with van der Waals surface area (Å²) in [6.45, 7) is 2.48. The number of rotatable bonds is 5. The van der Waals surface area contributed by atoms with Crippen molar-refractivity contribution in [1.82, 2.24) is 4.72 Å². The minimum atomic E-state index is -3.58. The van der Waals surface area contributed by atoms with Crippen molar-refractivity contribution in [2.24, 2.45) is 11.7 Å². The SMILES string of the molecule is CCC1CCC(NS(=O)(=O)c2cc(CN)ccc2Cl)CC1. The first kappa shape index (κ1) is 16.7. The van der Waals surface area contributed by atoms with E-state index in [1.54, 1.807) is 18.2 Å². The largest absolute Gasteiger partial charge is 0.326 e. The molecule has 0 amide bonds. The van der Waals surface area contributed by atoms with Crippen LogP contribution in [0.15, 0.2) is 23.1 Å². The molecule has 0 heterocycles. The zero-order valence-corrected chi connectivity index (χ0v) is 13.9. The molecule has 1 aliphatic rings. The maximum Gasteiger partial charge on any atom is 0.242 e. The van der Waals surface area contributed by atoms with Gasteiger partial charge in [-0.05, 0) is 49.3 Å². The zero-order valence-electron chi connectivity index (χ0n) is 12.3. The molecule has 1 fully saturated rings. The molecule has 6 heteroatoms. The summed E-state index contributed by atoms with van der Waals surface area (Å²) in [7, 11) is -3.58. The van der Waals surface area contributed by atoms with E-state index in [4.69, 9.17) is 17.3 Å². The molecule has 0 spiro atoms. The average molecular weight is 331 g/mol. The van der Waals surface area contributed by atoms with Crippen LogP contribution in [0.4, 0.5) is 0 Å². The predicted molar refractivity (Wildman–Crippen MR) is 85.7 cm³/mol. The molecule has 4 nitrogen and oxygen atoms in total.